The van der Waals surface area contributed by atoms with Gasteiger partial charge in [-0.25, -0.2) is 4.98 Å². The fourth-order valence-electron chi connectivity index (χ4n) is 3.44. The van der Waals surface area contributed by atoms with E-state index >= 15 is 0 Å². The third-order valence-corrected chi connectivity index (χ3v) is 4.82. The summed E-state index contributed by atoms with van der Waals surface area (Å²) >= 11 is 0. The van der Waals surface area contributed by atoms with Gasteiger partial charge in [-0.15, -0.1) is 6.58 Å². The number of methoxy groups -OCH3 is 1. The molecule has 3 aromatic rings. The number of aryl methyl sites for hydroxylation is 1. The second kappa shape index (κ2) is 11.2. The summed E-state index contributed by atoms with van der Waals surface area (Å²) in [5.74, 6) is 1.79. The SMILES string of the molecule is C=CCc1ccccc1OCCn1c(CCCNC(=O)COC)nc2ccccc21. The predicted molar refractivity (Wildman–Crippen MR) is 119 cm³/mol. The number of rotatable bonds is 12. The number of amides is 1. The summed E-state index contributed by atoms with van der Waals surface area (Å²) in [6.07, 6.45) is 4.25. The van der Waals surface area contributed by atoms with Crippen molar-refractivity contribution in [1.82, 2.24) is 14.9 Å². The van der Waals surface area contributed by atoms with E-state index in [2.05, 4.69) is 28.6 Å². The van der Waals surface area contributed by atoms with Gasteiger partial charge in [0.05, 0.1) is 17.6 Å². The number of fused-ring (bicyclic) bond motifs is 1. The number of nitrogens with zero attached hydrogens (tertiary/aromatic N) is 2. The molecule has 0 aliphatic carbocycles. The van der Waals surface area contributed by atoms with Gasteiger partial charge in [0.25, 0.3) is 0 Å². The van der Waals surface area contributed by atoms with E-state index in [4.69, 9.17) is 14.5 Å². The molecule has 0 aliphatic heterocycles. The van der Waals surface area contributed by atoms with Crippen molar-refractivity contribution < 1.29 is 14.3 Å². The van der Waals surface area contributed by atoms with Gasteiger partial charge in [0, 0.05) is 20.1 Å². The average molecular weight is 408 g/mol. The van der Waals surface area contributed by atoms with Gasteiger partial charge >= 0.3 is 0 Å². The van der Waals surface area contributed by atoms with Crippen LogP contribution in [-0.4, -0.2) is 42.3 Å². The lowest BCUT2D eigenvalue weighted by molar-refractivity contribution is -0.124. The summed E-state index contributed by atoms with van der Waals surface area (Å²) in [6.45, 7) is 5.75. The van der Waals surface area contributed by atoms with E-state index in [1.807, 2.05) is 42.5 Å². The van der Waals surface area contributed by atoms with Gasteiger partial charge in [-0.1, -0.05) is 36.4 Å². The van der Waals surface area contributed by atoms with E-state index in [1.54, 1.807) is 0 Å². The molecule has 1 amide bonds. The van der Waals surface area contributed by atoms with Crippen LogP contribution >= 0.6 is 0 Å². The van der Waals surface area contributed by atoms with Crippen LogP contribution in [0.4, 0.5) is 0 Å². The molecule has 1 aromatic heterocycles. The molecule has 0 saturated heterocycles. The number of imidazole rings is 1. The maximum atomic E-state index is 11.5. The van der Waals surface area contributed by atoms with Crippen LogP contribution in [0.3, 0.4) is 0 Å². The molecule has 0 radical (unpaired) electrons. The van der Waals surface area contributed by atoms with Crippen LogP contribution in [0.5, 0.6) is 5.75 Å². The summed E-state index contributed by atoms with van der Waals surface area (Å²) in [5, 5.41) is 2.86. The Morgan fingerprint density at radius 1 is 1.20 bits per heavy atom. The van der Waals surface area contributed by atoms with E-state index < -0.39 is 0 Å². The zero-order valence-electron chi connectivity index (χ0n) is 17.5. The van der Waals surface area contributed by atoms with Gasteiger partial charge < -0.3 is 19.4 Å². The highest BCUT2D eigenvalue weighted by molar-refractivity contribution is 5.77. The molecule has 158 valence electrons. The molecule has 30 heavy (non-hydrogen) atoms. The molecule has 0 spiro atoms. The number of benzene rings is 2. The van der Waals surface area contributed by atoms with Crippen LogP contribution in [0.2, 0.25) is 0 Å². The Bertz CT molecular complexity index is 981. The first kappa shape index (κ1) is 21.6. The first-order valence-corrected chi connectivity index (χ1v) is 10.2. The number of hydrogen-bond acceptors (Lipinski definition) is 4. The predicted octanol–water partition coefficient (Wildman–Crippen LogP) is 3.54. The Balaban J connectivity index is 1.65. The molecule has 0 aliphatic rings. The lowest BCUT2D eigenvalue weighted by atomic mass is 10.1. The fourth-order valence-corrected chi connectivity index (χ4v) is 3.44. The molecule has 1 N–H and O–H groups in total. The molecular formula is C24H29N3O3. The number of allylic oxidation sites excluding steroid dienone is 1. The maximum absolute atomic E-state index is 11.5. The Morgan fingerprint density at radius 3 is 2.83 bits per heavy atom. The van der Waals surface area contributed by atoms with Crippen LogP contribution in [0, 0.1) is 0 Å². The molecule has 1 heterocycles. The Morgan fingerprint density at radius 2 is 2.00 bits per heavy atom. The van der Waals surface area contributed by atoms with Crippen molar-refractivity contribution in [2.75, 3.05) is 26.9 Å². The first-order valence-electron chi connectivity index (χ1n) is 10.2. The molecule has 3 rings (SSSR count). The number of aromatic nitrogens is 2. The molecular weight excluding hydrogens is 378 g/mol. The van der Waals surface area contributed by atoms with E-state index in [0.717, 1.165) is 47.4 Å². The molecule has 6 heteroatoms. The Kier molecular flexibility index (Phi) is 8.03. The zero-order valence-corrected chi connectivity index (χ0v) is 17.5. The van der Waals surface area contributed by atoms with Gasteiger partial charge in [0.1, 0.15) is 24.8 Å². The van der Waals surface area contributed by atoms with E-state index in [-0.39, 0.29) is 12.5 Å². The number of carbonyl (C=O) groups is 1. The number of para-hydroxylation sites is 3. The molecule has 0 fully saturated rings. The fraction of sp³-hybridized carbons (Fsp3) is 0.333. The van der Waals surface area contributed by atoms with Crippen molar-refractivity contribution in [1.29, 1.82) is 0 Å². The number of carbonyl (C=O) groups excluding carboxylic acids is 1. The van der Waals surface area contributed by atoms with Crippen molar-refractivity contribution in [3.8, 4) is 5.75 Å². The summed E-state index contributed by atoms with van der Waals surface area (Å²) in [6, 6.07) is 16.2. The third kappa shape index (κ3) is 5.70. The van der Waals surface area contributed by atoms with Crippen LogP contribution < -0.4 is 10.1 Å². The summed E-state index contributed by atoms with van der Waals surface area (Å²) in [7, 11) is 1.51. The van der Waals surface area contributed by atoms with E-state index in [1.165, 1.54) is 7.11 Å². The maximum Gasteiger partial charge on any atom is 0.245 e. The van der Waals surface area contributed by atoms with Crippen molar-refractivity contribution in [3.05, 3.63) is 72.6 Å². The largest absolute Gasteiger partial charge is 0.491 e. The third-order valence-electron chi connectivity index (χ3n) is 4.82. The topological polar surface area (TPSA) is 65.4 Å². The molecule has 0 saturated carbocycles. The molecule has 0 bridgehead atoms. The Labute approximate surface area is 177 Å². The minimum absolute atomic E-state index is 0.0865. The molecule has 2 aromatic carbocycles. The average Bonchev–Trinajstić information content (AvgIpc) is 3.10. The lowest BCUT2D eigenvalue weighted by Crippen LogP contribution is -2.28. The van der Waals surface area contributed by atoms with Gasteiger partial charge in [-0.2, -0.15) is 0 Å². The van der Waals surface area contributed by atoms with Gasteiger partial charge in [-0.3, -0.25) is 4.79 Å². The summed E-state index contributed by atoms with van der Waals surface area (Å²) in [5.41, 5.74) is 3.21. The zero-order chi connectivity index (χ0) is 21.2. The van der Waals surface area contributed by atoms with Gasteiger partial charge in [0.2, 0.25) is 5.91 Å². The second-order valence-corrected chi connectivity index (χ2v) is 7.00. The number of ether oxygens (including phenoxy) is 2. The minimum Gasteiger partial charge on any atom is -0.491 e. The Hall–Kier alpha value is -3.12. The van der Waals surface area contributed by atoms with Crippen molar-refractivity contribution in [2.45, 2.75) is 25.8 Å². The van der Waals surface area contributed by atoms with Gasteiger partial charge in [-0.05, 0) is 36.6 Å². The highest BCUT2D eigenvalue weighted by Crippen LogP contribution is 2.20. The second-order valence-electron chi connectivity index (χ2n) is 7.00. The molecule has 0 atom stereocenters. The molecule has 0 unspecified atom stereocenters. The van der Waals surface area contributed by atoms with Gasteiger partial charge in [0.15, 0.2) is 0 Å². The molecule has 6 nitrogen and oxygen atoms in total. The smallest absolute Gasteiger partial charge is 0.245 e. The van der Waals surface area contributed by atoms with Crippen molar-refractivity contribution in [2.24, 2.45) is 0 Å². The van der Waals surface area contributed by atoms with E-state index in [0.29, 0.717) is 19.7 Å². The minimum atomic E-state index is -0.0995. The highest BCUT2D eigenvalue weighted by atomic mass is 16.5. The summed E-state index contributed by atoms with van der Waals surface area (Å²) < 4.78 is 13.1. The number of hydrogen-bond donors (Lipinski definition) is 1. The van der Waals surface area contributed by atoms with Crippen LogP contribution in [0.1, 0.15) is 17.8 Å². The van der Waals surface area contributed by atoms with Crippen molar-refractivity contribution >= 4 is 16.9 Å². The van der Waals surface area contributed by atoms with Crippen molar-refractivity contribution in [3.63, 3.8) is 0 Å². The normalized spacial score (nSPS) is 10.8. The summed E-state index contributed by atoms with van der Waals surface area (Å²) in [4.78, 5) is 16.3. The van der Waals surface area contributed by atoms with Crippen LogP contribution in [-0.2, 0) is 28.9 Å². The first-order chi connectivity index (χ1) is 14.7. The monoisotopic (exact) mass is 407 g/mol. The van der Waals surface area contributed by atoms with E-state index in [9.17, 15) is 4.79 Å². The highest BCUT2D eigenvalue weighted by Gasteiger charge is 2.11. The van der Waals surface area contributed by atoms with Crippen LogP contribution in [0.25, 0.3) is 11.0 Å². The number of nitrogens with one attached hydrogen (secondary N) is 1. The lowest BCUT2D eigenvalue weighted by Gasteiger charge is -2.13. The quantitative estimate of drug-likeness (QED) is 0.368. The van der Waals surface area contributed by atoms with Crippen LogP contribution in [0.15, 0.2) is 61.2 Å². The standard InChI is InChI=1S/C24H29N3O3/c1-3-9-19-10-4-7-13-22(19)30-17-16-27-21-12-6-5-11-20(21)26-23(27)14-8-15-25-24(28)18-29-2/h3-7,10-13H,1,8-9,14-18H2,2H3,(H,25,28).